The van der Waals surface area contributed by atoms with Gasteiger partial charge in [-0.25, -0.2) is 0 Å². The molecule has 2 aliphatic heterocycles. The van der Waals surface area contributed by atoms with Crippen LogP contribution in [0, 0.1) is 6.92 Å². The zero-order valence-electron chi connectivity index (χ0n) is 12.9. The number of amides is 1. The fourth-order valence-corrected chi connectivity index (χ4v) is 3.78. The number of aromatic nitrogens is 1. The van der Waals surface area contributed by atoms with E-state index in [1.54, 1.807) is 0 Å². The van der Waals surface area contributed by atoms with Crippen molar-refractivity contribution >= 4 is 16.8 Å². The Morgan fingerprint density at radius 1 is 1.23 bits per heavy atom. The van der Waals surface area contributed by atoms with Crippen LogP contribution < -0.4 is 5.32 Å². The van der Waals surface area contributed by atoms with Gasteiger partial charge in [0.15, 0.2) is 0 Å². The number of likely N-dealkylation sites (tertiary alicyclic amines) is 1. The van der Waals surface area contributed by atoms with E-state index < -0.39 is 0 Å². The molecule has 1 amide bonds. The standard InChI is InChI=1S/C18H21N3O/c1-12-10-16(15-4-2-3-5-17(15)19-12)18(22)21-9-8-13-6-7-14(11-21)20-13/h2-5,10,13-14,20H,6-9,11H2,1H3. The van der Waals surface area contributed by atoms with Crippen LogP contribution in [-0.2, 0) is 0 Å². The van der Waals surface area contributed by atoms with E-state index in [0.29, 0.717) is 12.1 Å². The van der Waals surface area contributed by atoms with Crippen LogP contribution >= 0.6 is 0 Å². The topological polar surface area (TPSA) is 45.2 Å². The third kappa shape index (κ3) is 2.37. The van der Waals surface area contributed by atoms with Crippen LogP contribution in [-0.4, -0.2) is 41.0 Å². The maximum Gasteiger partial charge on any atom is 0.254 e. The Kier molecular flexibility index (Phi) is 3.34. The highest BCUT2D eigenvalue weighted by Gasteiger charge is 2.31. The van der Waals surface area contributed by atoms with Gasteiger partial charge in [-0.1, -0.05) is 18.2 Å². The zero-order chi connectivity index (χ0) is 15.1. The highest BCUT2D eigenvalue weighted by Crippen LogP contribution is 2.24. The Morgan fingerprint density at radius 2 is 2.05 bits per heavy atom. The lowest BCUT2D eigenvalue weighted by atomic mass is 10.0. The first-order valence-corrected chi connectivity index (χ1v) is 8.12. The third-order valence-corrected chi connectivity index (χ3v) is 4.89. The Hall–Kier alpha value is -1.94. The second-order valence-electron chi connectivity index (χ2n) is 6.51. The van der Waals surface area contributed by atoms with Crippen LogP contribution in [0.3, 0.4) is 0 Å². The molecule has 3 heterocycles. The van der Waals surface area contributed by atoms with Crippen LogP contribution in [0.4, 0.5) is 0 Å². The second kappa shape index (κ2) is 5.36. The normalized spacial score (nSPS) is 24.5. The Labute approximate surface area is 130 Å². The number of fused-ring (bicyclic) bond motifs is 3. The molecule has 0 aliphatic carbocycles. The number of carbonyl (C=O) groups is 1. The summed E-state index contributed by atoms with van der Waals surface area (Å²) in [6.45, 7) is 3.63. The molecule has 2 saturated heterocycles. The van der Waals surface area contributed by atoms with E-state index >= 15 is 0 Å². The van der Waals surface area contributed by atoms with Crippen LogP contribution in [0.1, 0.15) is 35.3 Å². The lowest BCUT2D eigenvalue weighted by Gasteiger charge is -2.25. The minimum atomic E-state index is 0.149. The lowest BCUT2D eigenvalue weighted by Crippen LogP contribution is -2.39. The number of carbonyl (C=O) groups excluding carboxylic acids is 1. The Morgan fingerprint density at radius 3 is 2.95 bits per heavy atom. The van der Waals surface area contributed by atoms with Gasteiger partial charge in [-0.2, -0.15) is 0 Å². The number of pyridine rings is 1. The average molecular weight is 295 g/mol. The van der Waals surface area contributed by atoms with E-state index in [4.69, 9.17) is 0 Å². The molecule has 1 N–H and O–H groups in total. The molecule has 4 heteroatoms. The van der Waals surface area contributed by atoms with Crippen molar-refractivity contribution in [3.8, 4) is 0 Å². The number of nitrogens with zero attached hydrogens (tertiary/aromatic N) is 2. The quantitative estimate of drug-likeness (QED) is 0.879. The summed E-state index contributed by atoms with van der Waals surface area (Å²) in [4.78, 5) is 19.6. The zero-order valence-corrected chi connectivity index (χ0v) is 12.9. The molecule has 2 aliphatic rings. The van der Waals surface area contributed by atoms with Gasteiger partial charge in [-0.15, -0.1) is 0 Å². The highest BCUT2D eigenvalue weighted by molar-refractivity contribution is 6.06. The molecule has 2 fully saturated rings. The first-order valence-electron chi connectivity index (χ1n) is 8.12. The van der Waals surface area contributed by atoms with E-state index in [-0.39, 0.29) is 5.91 Å². The van der Waals surface area contributed by atoms with Gasteiger partial charge < -0.3 is 10.2 Å². The molecular weight excluding hydrogens is 274 g/mol. The summed E-state index contributed by atoms with van der Waals surface area (Å²) in [5.74, 6) is 0.149. The predicted octanol–water partition coefficient (Wildman–Crippen LogP) is 2.51. The summed E-state index contributed by atoms with van der Waals surface area (Å²) >= 11 is 0. The number of nitrogens with one attached hydrogen (secondary N) is 1. The molecule has 2 bridgehead atoms. The predicted molar refractivity (Wildman–Crippen MR) is 86.9 cm³/mol. The first-order chi connectivity index (χ1) is 10.7. The van der Waals surface area contributed by atoms with Gasteiger partial charge in [-0.05, 0) is 38.3 Å². The molecular formula is C18H21N3O. The number of para-hydroxylation sites is 1. The lowest BCUT2D eigenvalue weighted by molar-refractivity contribution is 0.0750. The van der Waals surface area contributed by atoms with Gasteiger partial charge in [0.2, 0.25) is 0 Å². The summed E-state index contributed by atoms with van der Waals surface area (Å²) in [5, 5.41) is 4.59. The van der Waals surface area contributed by atoms with E-state index in [2.05, 4.69) is 10.3 Å². The van der Waals surface area contributed by atoms with Gasteiger partial charge in [0, 0.05) is 36.3 Å². The van der Waals surface area contributed by atoms with Crippen molar-refractivity contribution in [3.05, 3.63) is 41.6 Å². The fourth-order valence-electron chi connectivity index (χ4n) is 3.78. The van der Waals surface area contributed by atoms with Crippen molar-refractivity contribution in [2.75, 3.05) is 13.1 Å². The van der Waals surface area contributed by atoms with E-state index in [0.717, 1.165) is 41.7 Å². The molecule has 0 spiro atoms. The molecule has 2 atom stereocenters. The molecule has 114 valence electrons. The first kappa shape index (κ1) is 13.7. The molecule has 4 nitrogen and oxygen atoms in total. The highest BCUT2D eigenvalue weighted by atomic mass is 16.2. The minimum absolute atomic E-state index is 0.149. The summed E-state index contributed by atoms with van der Waals surface area (Å²) < 4.78 is 0. The summed E-state index contributed by atoms with van der Waals surface area (Å²) in [5.41, 5.74) is 2.60. The maximum atomic E-state index is 13.1. The van der Waals surface area contributed by atoms with Crippen molar-refractivity contribution in [3.63, 3.8) is 0 Å². The average Bonchev–Trinajstić information content (AvgIpc) is 2.85. The SMILES string of the molecule is Cc1cc(C(=O)N2CCC3CCC(C2)N3)c2ccccc2n1. The molecule has 1 aromatic carbocycles. The van der Waals surface area contributed by atoms with Crippen molar-refractivity contribution in [1.82, 2.24) is 15.2 Å². The number of aryl methyl sites for hydroxylation is 1. The number of rotatable bonds is 1. The number of benzene rings is 1. The molecule has 1 aromatic heterocycles. The number of hydrogen-bond acceptors (Lipinski definition) is 3. The van der Waals surface area contributed by atoms with E-state index in [9.17, 15) is 4.79 Å². The van der Waals surface area contributed by atoms with Crippen molar-refractivity contribution < 1.29 is 4.79 Å². The van der Waals surface area contributed by atoms with Crippen molar-refractivity contribution in [1.29, 1.82) is 0 Å². The van der Waals surface area contributed by atoms with Crippen molar-refractivity contribution in [2.24, 2.45) is 0 Å². The van der Waals surface area contributed by atoms with Gasteiger partial charge in [0.05, 0.1) is 11.1 Å². The van der Waals surface area contributed by atoms with Crippen LogP contribution in [0.5, 0.6) is 0 Å². The minimum Gasteiger partial charge on any atom is -0.337 e. The second-order valence-corrected chi connectivity index (χ2v) is 6.51. The van der Waals surface area contributed by atoms with E-state index in [1.165, 1.54) is 12.8 Å². The monoisotopic (exact) mass is 295 g/mol. The summed E-state index contributed by atoms with van der Waals surface area (Å²) in [6, 6.07) is 10.9. The Bertz CT molecular complexity index is 727. The largest absolute Gasteiger partial charge is 0.337 e. The molecule has 4 rings (SSSR count). The fraction of sp³-hybridized carbons (Fsp3) is 0.444. The van der Waals surface area contributed by atoms with Crippen LogP contribution in [0.15, 0.2) is 30.3 Å². The molecule has 22 heavy (non-hydrogen) atoms. The van der Waals surface area contributed by atoms with Crippen molar-refractivity contribution in [2.45, 2.75) is 38.3 Å². The van der Waals surface area contributed by atoms with Crippen LogP contribution in [0.25, 0.3) is 10.9 Å². The number of hydrogen-bond donors (Lipinski definition) is 1. The van der Waals surface area contributed by atoms with Gasteiger partial charge >= 0.3 is 0 Å². The molecule has 0 saturated carbocycles. The van der Waals surface area contributed by atoms with Gasteiger partial charge in [-0.3, -0.25) is 9.78 Å². The van der Waals surface area contributed by atoms with Gasteiger partial charge in [0.25, 0.3) is 5.91 Å². The summed E-state index contributed by atoms with van der Waals surface area (Å²) in [7, 11) is 0. The summed E-state index contributed by atoms with van der Waals surface area (Å²) in [6.07, 6.45) is 3.50. The van der Waals surface area contributed by atoms with E-state index in [1.807, 2.05) is 42.2 Å². The van der Waals surface area contributed by atoms with Crippen LogP contribution in [0.2, 0.25) is 0 Å². The van der Waals surface area contributed by atoms with Gasteiger partial charge in [0.1, 0.15) is 0 Å². The Balaban J connectivity index is 1.70. The molecule has 0 radical (unpaired) electrons. The molecule has 2 unspecified atom stereocenters. The molecule has 2 aromatic rings. The third-order valence-electron chi connectivity index (χ3n) is 4.89. The maximum absolute atomic E-state index is 13.1. The smallest absolute Gasteiger partial charge is 0.254 e.